The first kappa shape index (κ1) is 16.0. The number of hydrogen-bond acceptors (Lipinski definition) is 7. The highest BCUT2D eigenvalue weighted by atomic mass is 16.5. The van der Waals surface area contributed by atoms with Crippen LogP contribution in [0.15, 0.2) is 23.0 Å². The Morgan fingerprint density at radius 3 is 2.68 bits per heavy atom. The van der Waals surface area contributed by atoms with Gasteiger partial charge in [0.2, 0.25) is 5.95 Å². The first-order valence-electron chi connectivity index (χ1n) is 8.39. The number of anilines is 1. The Balaban J connectivity index is 1.54. The van der Waals surface area contributed by atoms with Gasteiger partial charge in [-0.3, -0.25) is 9.69 Å². The van der Waals surface area contributed by atoms with Crippen LogP contribution < -0.4 is 4.90 Å². The number of fused-ring (bicyclic) bond motifs is 1. The lowest BCUT2D eigenvalue weighted by Gasteiger charge is -2.25. The monoisotopic (exact) mass is 343 g/mol. The molecular formula is C17H21N5O3. The zero-order valence-corrected chi connectivity index (χ0v) is 14.3. The molecule has 1 N–H and O–H groups in total. The van der Waals surface area contributed by atoms with Gasteiger partial charge in [-0.15, -0.1) is 0 Å². The molecule has 8 heteroatoms. The van der Waals surface area contributed by atoms with E-state index in [0.717, 1.165) is 23.6 Å². The molecule has 2 aliphatic rings. The molecule has 25 heavy (non-hydrogen) atoms. The fourth-order valence-corrected chi connectivity index (χ4v) is 4.15. The third-order valence-corrected chi connectivity index (χ3v) is 5.50. The minimum atomic E-state index is -0.780. The number of likely N-dealkylation sites (tertiary alicyclic amines) is 1. The highest BCUT2D eigenvalue weighted by molar-refractivity contribution is 5.78. The smallest absolute Gasteiger partial charge is 0.313 e. The summed E-state index contributed by atoms with van der Waals surface area (Å²) < 4.78 is 5.23. The molecule has 8 nitrogen and oxygen atoms in total. The number of hydrogen-bond donors (Lipinski definition) is 1. The van der Waals surface area contributed by atoms with Gasteiger partial charge < -0.3 is 14.5 Å². The van der Waals surface area contributed by atoms with Crippen LogP contribution in [-0.2, 0) is 11.3 Å². The first-order chi connectivity index (χ1) is 12.0. The van der Waals surface area contributed by atoms with E-state index in [2.05, 4.69) is 20.0 Å². The molecule has 4 rings (SSSR count). The summed E-state index contributed by atoms with van der Waals surface area (Å²) in [5, 5.41) is 14.0. The van der Waals surface area contributed by atoms with Crippen LogP contribution in [-0.4, -0.2) is 57.3 Å². The molecule has 4 heterocycles. The predicted molar refractivity (Wildman–Crippen MR) is 89.1 cm³/mol. The van der Waals surface area contributed by atoms with Gasteiger partial charge in [0.15, 0.2) is 0 Å². The highest BCUT2D eigenvalue weighted by Gasteiger charge is 2.58. The lowest BCUT2D eigenvalue weighted by atomic mass is 9.81. The predicted octanol–water partition coefficient (Wildman–Crippen LogP) is 1.10. The normalized spacial score (nSPS) is 26.2. The number of nitrogens with zero attached hydrogens (tertiary/aromatic N) is 5. The zero-order chi connectivity index (χ0) is 17.6. The van der Waals surface area contributed by atoms with E-state index >= 15 is 0 Å². The molecule has 2 aliphatic heterocycles. The molecule has 2 aromatic rings. The Labute approximate surface area is 145 Å². The number of carboxylic acid groups (broad SMARTS) is 1. The van der Waals surface area contributed by atoms with Crippen LogP contribution in [0.5, 0.6) is 0 Å². The van der Waals surface area contributed by atoms with Crippen molar-refractivity contribution in [1.82, 2.24) is 20.0 Å². The highest BCUT2D eigenvalue weighted by Crippen LogP contribution is 2.44. The van der Waals surface area contributed by atoms with Crippen molar-refractivity contribution < 1.29 is 14.4 Å². The Hall–Kier alpha value is -2.48. The molecule has 2 fully saturated rings. The topological polar surface area (TPSA) is 95.6 Å². The second kappa shape index (κ2) is 5.80. The summed E-state index contributed by atoms with van der Waals surface area (Å²) >= 11 is 0. The van der Waals surface area contributed by atoms with Gasteiger partial charge >= 0.3 is 5.97 Å². The fraction of sp³-hybridized carbons (Fsp3) is 0.529. The second-order valence-electron chi connectivity index (χ2n) is 7.06. The van der Waals surface area contributed by atoms with E-state index in [1.165, 1.54) is 0 Å². The lowest BCUT2D eigenvalue weighted by molar-refractivity contribution is -0.148. The van der Waals surface area contributed by atoms with Gasteiger partial charge in [-0.1, -0.05) is 5.16 Å². The van der Waals surface area contributed by atoms with Gasteiger partial charge in [-0.2, -0.15) is 0 Å². The zero-order valence-electron chi connectivity index (χ0n) is 14.3. The van der Waals surface area contributed by atoms with Crippen LogP contribution in [0.3, 0.4) is 0 Å². The van der Waals surface area contributed by atoms with Gasteiger partial charge in [0.05, 0.1) is 5.69 Å². The number of aryl methyl sites for hydroxylation is 2. The van der Waals surface area contributed by atoms with Crippen molar-refractivity contribution in [2.24, 2.45) is 11.3 Å². The minimum absolute atomic E-state index is 0.0503. The minimum Gasteiger partial charge on any atom is -0.481 e. The first-order valence-corrected chi connectivity index (χ1v) is 8.39. The molecule has 132 valence electrons. The molecule has 0 bridgehead atoms. The van der Waals surface area contributed by atoms with E-state index in [4.69, 9.17) is 4.52 Å². The summed E-state index contributed by atoms with van der Waals surface area (Å²) in [7, 11) is 0. The van der Waals surface area contributed by atoms with Crippen LogP contribution >= 0.6 is 0 Å². The van der Waals surface area contributed by atoms with Crippen molar-refractivity contribution in [1.29, 1.82) is 0 Å². The Morgan fingerprint density at radius 1 is 1.32 bits per heavy atom. The molecule has 0 unspecified atom stereocenters. The maximum Gasteiger partial charge on any atom is 0.313 e. The summed E-state index contributed by atoms with van der Waals surface area (Å²) in [6, 6.07) is 1.76. The molecule has 2 aromatic heterocycles. The van der Waals surface area contributed by atoms with Crippen molar-refractivity contribution in [2.75, 3.05) is 31.1 Å². The Kier molecular flexibility index (Phi) is 3.72. The molecular weight excluding hydrogens is 322 g/mol. The van der Waals surface area contributed by atoms with Gasteiger partial charge in [0.25, 0.3) is 0 Å². The maximum atomic E-state index is 12.1. The third-order valence-electron chi connectivity index (χ3n) is 5.50. The fourth-order valence-electron chi connectivity index (χ4n) is 4.15. The lowest BCUT2D eigenvalue weighted by Crippen LogP contribution is -2.41. The molecule has 2 atom stereocenters. The number of carbonyl (C=O) groups is 1. The third kappa shape index (κ3) is 2.57. The summed E-state index contributed by atoms with van der Waals surface area (Å²) in [4.78, 5) is 24.9. The second-order valence-corrected chi connectivity index (χ2v) is 7.06. The van der Waals surface area contributed by atoms with Crippen molar-refractivity contribution in [3.8, 4) is 0 Å². The van der Waals surface area contributed by atoms with Crippen molar-refractivity contribution in [3.63, 3.8) is 0 Å². The molecule has 0 amide bonds. The van der Waals surface area contributed by atoms with Crippen LogP contribution in [0, 0.1) is 25.2 Å². The molecule has 0 aliphatic carbocycles. The largest absolute Gasteiger partial charge is 0.481 e. The molecule has 0 aromatic carbocycles. The summed E-state index contributed by atoms with van der Waals surface area (Å²) in [5.74, 6) is 0.722. The van der Waals surface area contributed by atoms with E-state index in [-0.39, 0.29) is 5.92 Å². The van der Waals surface area contributed by atoms with Crippen LogP contribution in [0.25, 0.3) is 0 Å². The summed E-state index contributed by atoms with van der Waals surface area (Å²) in [6.07, 6.45) is 3.38. The average molecular weight is 343 g/mol. The Morgan fingerprint density at radius 2 is 2.08 bits per heavy atom. The molecule has 0 spiro atoms. The van der Waals surface area contributed by atoms with Crippen molar-refractivity contribution in [2.45, 2.75) is 20.4 Å². The molecule has 0 radical (unpaired) electrons. The van der Waals surface area contributed by atoms with Gasteiger partial charge in [0.1, 0.15) is 11.2 Å². The van der Waals surface area contributed by atoms with E-state index in [0.29, 0.717) is 32.1 Å². The maximum absolute atomic E-state index is 12.1. The van der Waals surface area contributed by atoms with Crippen molar-refractivity contribution >= 4 is 11.9 Å². The summed E-state index contributed by atoms with van der Waals surface area (Å²) in [6.45, 7) is 6.84. The Bertz CT molecular complexity index is 773. The van der Waals surface area contributed by atoms with Crippen LogP contribution in [0.4, 0.5) is 5.95 Å². The van der Waals surface area contributed by atoms with Crippen LogP contribution in [0.1, 0.15) is 17.0 Å². The van der Waals surface area contributed by atoms with E-state index in [9.17, 15) is 9.90 Å². The average Bonchev–Trinajstić information content (AvgIpc) is 3.22. The van der Waals surface area contributed by atoms with E-state index in [1.54, 1.807) is 18.5 Å². The quantitative estimate of drug-likeness (QED) is 0.882. The number of aromatic nitrogens is 3. The van der Waals surface area contributed by atoms with Gasteiger partial charge in [0, 0.05) is 56.6 Å². The van der Waals surface area contributed by atoms with Gasteiger partial charge in [-0.05, 0) is 19.9 Å². The van der Waals surface area contributed by atoms with Crippen LogP contribution in [0.2, 0.25) is 0 Å². The summed E-state index contributed by atoms with van der Waals surface area (Å²) in [5.41, 5.74) is 1.15. The molecule has 0 saturated carbocycles. The number of carboxylic acids is 1. The van der Waals surface area contributed by atoms with E-state index < -0.39 is 11.4 Å². The number of rotatable bonds is 4. The number of aliphatic carboxylic acids is 1. The standard InChI is InChI=1S/C17H21N5O3/c1-11-14(12(2)25-20-11)8-21-6-13-7-22(16-18-4-3-5-19-16)10-17(13,9-21)15(23)24/h3-5,13H,6-10H2,1-2H3,(H,23,24)/t13-,17-/m0/s1. The van der Waals surface area contributed by atoms with Crippen molar-refractivity contribution in [3.05, 3.63) is 35.5 Å². The van der Waals surface area contributed by atoms with Gasteiger partial charge in [-0.25, -0.2) is 9.97 Å². The molecule has 2 saturated heterocycles. The van der Waals surface area contributed by atoms with E-state index in [1.807, 2.05) is 18.7 Å². The SMILES string of the molecule is Cc1noc(C)c1CN1C[C@H]2CN(c3ncccn3)C[C@@]2(C(=O)O)C1.